The first-order valence-electron chi connectivity index (χ1n) is 7.64. The minimum atomic E-state index is -0.0647. The Morgan fingerprint density at radius 1 is 1.25 bits per heavy atom. The van der Waals surface area contributed by atoms with Crippen molar-refractivity contribution in [1.29, 1.82) is 0 Å². The summed E-state index contributed by atoms with van der Waals surface area (Å²) in [6.45, 7) is 0. The standard InChI is InChI=1S/C16H19FN2S/c17-15-8-12-14-9-18-10-19(14)13(16(12)20-15)7-6-11-4-2-1-3-5-11/h8-11,13H,1-7H2/t13-/m1/s1. The van der Waals surface area contributed by atoms with Gasteiger partial charge in [0.05, 0.1) is 24.3 Å². The van der Waals surface area contributed by atoms with E-state index in [2.05, 4.69) is 9.55 Å². The van der Waals surface area contributed by atoms with E-state index in [-0.39, 0.29) is 5.13 Å². The third kappa shape index (κ3) is 2.01. The van der Waals surface area contributed by atoms with E-state index >= 15 is 0 Å². The van der Waals surface area contributed by atoms with Crippen LogP contribution in [0.15, 0.2) is 18.6 Å². The zero-order valence-corrected chi connectivity index (χ0v) is 12.3. The molecule has 1 atom stereocenters. The molecule has 20 heavy (non-hydrogen) atoms. The van der Waals surface area contributed by atoms with E-state index in [1.807, 2.05) is 12.5 Å². The third-order valence-electron chi connectivity index (χ3n) is 4.88. The molecule has 0 radical (unpaired) electrons. The van der Waals surface area contributed by atoms with Gasteiger partial charge in [0.1, 0.15) is 0 Å². The van der Waals surface area contributed by atoms with Crippen LogP contribution in [-0.2, 0) is 0 Å². The van der Waals surface area contributed by atoms with Gasteiger partial charge in [-0.1, -0.05) is 32.1 Å². The fourth-order valence-electron chi connectivity index (χ4n) is 3.85. The van der Waals surface area contributed by atoms with Crippen LogP contribution in [0.5, 0.6) is 0 Å². The molecule has 0 spiro atoms. The summed E-state index contributed by atoms with van der Waals surface area (Å²) in [5.74, 6) is 0.879. The first-order valence-corrected chi connectivity index (χ1v) is 8.46. The molecule has 2 nitrogen and oxygen atoms in total. The molecule has 0 amide bonds. The van der Waals surface area contributed by atoms with Gasteiger partial charge in [-0.2, -0.15) is 4.39 Å². The Kier molecular flexibility index (Phi) is 3.14. The van der Waals surface area contributed by atoms with Gasteiger partial charge >= 0.3 is 0 Å². The SMILES string of the molecule is Fc1cc2c(s1)[C@@H](CCC1CCCCC1)n1cncc1-2. The van der Waals surface area contributed by atoms with Gasteiger partial charge in [0.25, 0.3) is 0 Å². The van der Waals surface area contributed by atoms with E-state index in [1.165, 1.54) is 54.7 Å². The lowest BCUT2D eigenvalue weighted by Crippen LogP contribution is -2.10. The van der Waals surface area contributed by atoms with Gasteiger partial charge in [-0.05, 0) is 24.8 Å². The summed E-state index contributed by atoms with van der Waals surface area (Å²) < 4.78 is 15.8. The summed E-state index contributed by atoms with van der Waals surface area (Å²) in [5, 5.41) is -0.0647. The van der Waals surface area contributed by atoms with E-state index in [9.17, 15) is 4.39 Å². The molecular weight excluding hydrogens is 271 g/mol. The minimum Gasteiger partial charge on any atom is -0.322 e. The van der Waals surface area contributed by atoms with Crippen molar-refractivity contribution in [2.45, 2.75) is 51.0 Å². The van der Waals surface area contributed by atoms with Crippen LogP contribution in [0.1, 0.15) is 55.9 Å². The van der Waals surface area contributed by atoms with Crippen LogP contribution in [0.2, 0.25) is 0 Å². The molecule has 4 heteroatoms. The zero-order valence-electron chi connectivity index (χ0n) is 11.5. The fraction of sp³-hybridized carbons (Fsp3) is 0.562. The van der Waals surface area contributed by atoms with Crippen molar-refractivity contribution in [3.8, 4) is 11.3 Å². The molecule has 1 saturated carbocycles. The lowest BCUT2D eigenvalue weighted by atomic mass is 9.85. The van der Waals surface area contributed by atoms with Gasteiger partial charge in [-0.15, -0.1) is 11.3 Å². The normalized spacial score (nSPS) is 21.9. The number of imidazole rings is 1. The van der Waals surface area contributed by atoms with Crippen molar-refractivity contribution in [3.63, 3.8) is 0 Å². The summed E-state index contributed by atoms with van der Waals surface area (Å²) in [5.41, 5.74) is 2.16. The predicted molar refractivity (Wildman–Crippen MR) is 79.4 cm³/mol. The van der Waals surface area contributed by atoms with Crippen molar-refractivity contribution in [3.05, 3.63) is 28.6 Å². The highest BCUT2D eigenvalue weighted by Gasteiger charge is 2.31. The van der Waals surface area contributed by atoms with Crippen LogP contribution in [0.25, 0.3) is 11.3 Å². The van der Waals surface area contributed by atoms with Gasteiger partial charge in [0.2, 0.25) is 0 Å². The molecular formula is C16H19FN2S. The van der Waals surface area contributed by atoms with Gasteiger partial charge in [-0.25, -0.2) is 4.98 Å². The Labute approximate surface area is 122 Å². The molecule has 1 aliphatic heterocycles. The van der Waals surface area contributed by atoms with Crippen molar-refractivity contribution < 1.29 is 4.39 Å². The lowest BCUT2D eigenvalue weighted by molar-refractivity contribution is 0.319. The largest absolute Gasteiger partial charge is 0.322 e. The number of thiophene rings is 1. The van der Waals surface area contributed by atoms with Gasteiger partial charge in [0.15, 0.2) is 5.13 Å². The number of nitrogens with zero attached hydrogens (tertiary/aromatic N) is 2. The topological polar surface area (TPSA) is 17.8 Å². The van der Waals surface area contributed by atoms with Crippen LogP contribution in [0.4, 0.5) is 4.39 Å². The molecule has 4 rings (SSSR count). The van der Waals surface area contributed by atoms with Crippen molar-refractivity contribution in [1.82, 2.24) is 9.55 Å². The highest BCUT2D eigenvalue weighted by Crippen LogP contribution is 2.46. The molecule has 3 heterocycles. The maximum Gasteiger partial charge on any atom is 0.177 e. The summed E-state index contributed by atoms with van der Waals surface area (Å²) >= 11 is 1.32. The first-order chi connectivity index (χ1) is 9.83. The average Bonchev–Trinajstić information content (AvgIpc) is 3.11. The Balaban J connectivity index is 1.55. The van der Waals surface area contributed by atoms with Crippen molar-refractivity contribution >= 4 is 11.3 Å². The number of aromatic nitrogens is 2. The molecule has 106 valence electrons. The molecule has 1 fully saturated rings. The predicted octanol–water partition coefficient (Wildman–Crippen LogP) is 5.01. The Bertz CT molecular complexity index is 610. The van der Waals surface area contributed by atoms with E-state index < -0.39 is 0 Å². The van der Waals surface area contributed by atoms with E-state index in [4.69, 9.17) is 0 Å². The van der Waals surface area contributed by atoms with Gasteiger partial charge < -0.3 is 4.57 Å². The number of fused-ring (bicyclic) bond motifs is 3. The molecule has 0 bridgehead atoms. The van der Waals surface area contributed by atoms with Crippen LogP contribution >= 0.6 is 11.3 Å². The number of halogens is 1. The summed E-state index contributed by atoms with van der Waals surface area (Å²) in [6, 6.07) is 1.99. The maximum atomic E-state index is 13.6. The second-order valence-corrected chi connectivity index (χ2v) is 7.15. The van der Waals surface area contributed by atoms with Crippen molar-refractivity contribution in [2.75, 3.05) is 0 Å². The second-order valence-electron chi connectivity index (χ2n) is 6.11. The summed E-state index contributed by atoms with van der Waals surface area (Å²) in [4.78, 5) is 5.45. The van der Waals surface area contributed by atoms with Crippen LogP contribution in [0.3, 0.4) is 0 Å². The van der Waals surface area contributed by atoms with Crippen LogP contribution in [0, 0.1) is 11.0 Å². The smallest absolute Gasteiger partial charge is 0.177 e. The summed E-state index contributed by atoms with van der Waals surface area (Å²) in [6.07, 6.45) is 13.1. The van der Waals surface area contributed by atoms with Crippen molar-refractivity contribution in [2.24, 2.45) is 5.92 Å². The third-order valence-corrected chi connectivity index (χ3v) is 5.91. The Hall–Kier alpha value is -1.16. The molecule has 2 aromatic rings. The molecule has 2 aliphatic rings. The lowest BCUT2D eigenvalue weighted by Gasteiger charge is -2.23. The fourth-order valence-corrected chi connectivity index (χ4v) is 4.88. The maximum absolute atomic E-state index is 13.6. The van der Waals surface area contributed by atoms with E-state index in [0.29, 0.717) is 6.04 Å². The molecule has 0 saturated heterocycles. The van der Waals surface area contributed by atoms with Gasteiger partial charge in [0, 0.05) is 10.4 Å². The number of hydrogen-bond donors (Lipinski definition) is 0. The first kappa shape index (κ1) is 12.6. The molecule has 0 N–H and O–H groups in total. The zero-order chi connectivity index (χ0) is 13.5. The Morgan fingerprint density at radius 2 is 2.10 bits per heavy atom. The van der Waals surface area contributed by atoms with E-state index in [0.717, 1.165) is 23.6 Å². The van der Waals surface area contributed by atoms with Crippen LogP contribution in [-0.4, -0.2) is 9.55 Å². The summed E-state index contributed by atoms with van der Waals surface area (Å²) in [7, 11) is 0. The monoisotopic (exact) mass is 290 g/mol. The minimum absolute atomic E-state index is 0.0647. The van der Waals surface area contributed by atoms with Gasteiger partial charge in [-0.3, -0.25) is 0 Å². The highest BCUT2D eigenvalue weighted by atomic mass is 32.1. The van der Waals surface area contributed by atoms with Crippen LogP contribution < -0.4 is 0 Å². The highest BCUT2D eigenvalue weighted by molar-refractivity contribution is 7.11. The molecule has 1 aliphatic carbocycles. The molecule has 2 aromatic heterocycles. The molecule has 0 unspecified atom stereocenters. The quantitative estimate of drug-likeness (QED) is 0.776. The number of hydrogen-bond acceptors (Lipinski definition) is 2. The van der Waals surface area contributed by atoms with E-state index in [1.54, 1.807) is 6.07 Å². The number of rotatable bonds is 3. The average molecular weight is 290 g/mol. The second kappa shape index (κ2) is 4.99. The Morgan fingerprint density at radius 3 is 2.95 bits per heavy atom. The molecule has 0 aromatic carbocycles.